The molecule has 2 aromatic heterocycles. The molecule has 4 nitrogen and oxygen atoms in total. The normalized spacial score (nSPS) is 12.9. The molecule has 0 fully saturated rings. The second-order valence-electron chi connectivity index (χ2n) is 4.76. The molecule has 6 heteroatoms. The van der Waals surface area contributed by atoms with E-state index in [4.69, 9.17) is 4.42 Å². The quantitative estimate of drug-likeness (QED) is 0.769. The number of halogens is 1. The van der Waals surface area contributed by atoms with E-state index in [-0.39, 0.29) is 11.9 Å². The fourth-order valence-electron chi connectivity index (χ4n) is 2.24. The van der Waals surface area contributed by atoms with E-state index in [1.165, 1.54) is 23.5 Å². The maximum Gasteiger partial charge on any atom is 0.257 e. The third-order valence-electron chi connectivity index (χ3n) is 3.29. The SMILES string of the molecule is CCNC(CC)c1nnc(-c2cc3ccc(F)cc3s2)o1. The zero-order chi connectivity index (χ0) is 14.8. The molecule has 3 aromatic rings. The van der Waals surface area contributed by atoms with Crippen molar-refractivity contribution in [2.75, 3.05) is 6.54 Å². The molecule has 0 aliphatic rings. The van der Waals surface area contributed by atoms with Crippen LogP contribution >= 0.6 is 11.3 Å². The van der Waals surface area contributed by atoms with Gasteiger partial charge in [-0.2, -0.15) is 0 Å². The van der Waals surface area contributed by atoms with Crippen LogP contribution in [0.3, 0.4) is 0 Å². The van der Waals surface area contributed by atoms with Crippen LogP contribution in [0.25, 0.3) is 20.9 Å². The van der Waals surface area contributed by atoms with Crippen LogP contribution < -0.4 is 5.32 Å². The largest absolute Gasteiger partial charge is 0.418 e. The highest BCUT2D eigenvalue weighted by Gasteiger charge is 2.18. The van der Waals surface area contributed by atoms with E-state index in [0.717, 1.165) is 27.9 Å². The lowest BCUT2D eigenvalue weighted by Crippen LogP contribution is -2.20. The fourth-order valence-corrected chi connectivity index (χ4v) is 3.25. The second-order valence-corrected chi connectivity index (χ2v) is 5.84. The summed E-state index contributed by atoms with van der Waals surface area (Å²) in [5.74, 6) is 0.848. The Hall–Kier alpha value is -1.79. The van der Waals surface area contributed by atoms with Gasteiger partial charge in [-0.05, 0) is 36.6 Å². The number of thiophene rings is 1. The summed E-state index contributed by atoms with van der Waals surface area (Å²) in [5, 5.41) is 12.5. The molecule has 0 saturated heterocycles. The zero-order valence-electron chi connectivity index (χ0n) is 11.9. The molecule has 1 aromatic carbocycles. The van der Waals surface area contributed by atoms with E-state index in [2.05, 4.69) is 22.4 Å². The molecule has 0 radical (unpaired) electrons. The number of benzene rings is 1. The number of hydrogen-bond donors (Lipinski definition) is 1. The molecular formula is C15H16FN3OS. The Morgan fingerprint density at radius 3 is 2.90 bits per heavy atom. The van der Waals surface area contributed by atoms with Crippen LogP contribution in [0.15, 0.2) is 28.7 Å². The minimum absolute atomic E-state index is 0.0723. The topological polar surface area (TPSA) is 51.0 Å². The average Bonchev–Trinajstić information content (AvgIpc) is 3.10. The lowest BCUT2D eigenvalue weighted by molar-refractivity contribution is 0.402. The summed E-state index contributed by atoms with van der Waals surface area (Å²) in [6.45, 7) is 4.96. The van der Waals surface area contributed by atoms with Crippen molar-refractivity contribution in [3.05, 3.63) is 36.0 Å². The van der Waals surface area contributed by atoms with Crippen LogP contribution in [0.5, 0.6) is 0 Å². The smallest absolute Gasteiger partial charge is 0.257 e. The maximum absolute atomic E-state index is 13.2. The molecule has 21 heavy (non-hydrogen) atoms. The molecular weight excluding hydrogens is 289 g/mol. The summed E-state index contributed by atoms with van der Waals surface area (Å²) < 4.78 is 19.9. The first-order valence-electron chi connectivity index (χ1n) is 6.97. The van der Waals surface area contributed by atoms with Crippen molar-refractivity contribution in [2.45, 2.75) is 26.3 Å². The molecule has 1 atom stereocenters. The first kappa shape index (κ1) is 14.2. The first-order chi connectivity index (χ1) is 10.2. The summed E-state index contributed by atoms with van der Waals surface area (Å²) >= 11 is 1.45. The Morgan fingerprint density at radius 2 is 2.14 bits per heavy atom. The highest BCUT2D eigenvalue weighted by Crippen LogP contribution is 2.33. The Morgan fingerprint density at radius 1 is 1.29 bits per heavy atom. The van der Waals surface area contributed by atoms with E-state index < -0.39 is 0 Å². The van der Waals surface area contributed by atoms with Crippen molar-refractivity contribution in [2.24, 2.45) is 0 Å². The van der Waals surface area contributed by atoms with Gasteiger partial charge < -0.3 is 9.73 Å². The molecule has 0 saturated carbocycles. The van der Waals surface area contributed by atoms with E-state index in [1.54, 1.807) is 6.07 Å². The van der Waals surface area contributed by atoms with Crippen molar-refractivity contribution in [3.63, 3.8) is 0 Å². The molecule has 2 heterocycles. The van der Waals surface area contributed by atoms with Gasteiger partial charge >= 0.3 is 0 Å². The van der Waals surface area contributed by atoms with Gasteiger partial charge in [0.1, 0.15) is 5.82 Å². The van der Waals surface area contributed by atoms with Gasteiger partial charge in [-0.3, -0.25) is 0 Å². The summed E-state index contributed by atoms with van der Waals surface area (Å²) in [6, 6.07) is 6.76. The molecule has 0 aliphatic heterocycles. The molecule has 0 bridgehead atoms. The average molecular weight is 305 g/mol. The maximum atomic E-state index is 13.2. The first-order valence-corrected chi connectivity index (χ1v) is 7.79. The number of nitrogens with one attached hydrogen (secondary N) is 1. The molecule has 110 valence electrons. The second kappa shape index (κ2) is 5.91. The van der Waals surface area contributed by atoms with E-state index in [0.29, 0.717) is 11.8 Å². The minimum Gasteiger partial charge on any atom is -0.418 e. The number of fused-ring (bicyclic) bond motifs is 1. The third-order valence-corrected chi connectivity index (χ3v) is 4.38. The molecule has 1 unspecified atom stereocenters. The molecule has 3 rings (SSSR count). The monoisotopic (exact) mass is 305 g/mol. The van der Waals surface area contributed by atoms with Crippen molar-refractivity contribution in [1.29, 1.82) is 0 Å². The standard InChI is InChI=1S/C15H16FN3OS/c1-3-11(17-4-2)14-18-19-15(20-14)13-7-9-5-6-10(16)8-12(9)21-13/h5-8,11,17H,3-4H2,1-2H3. The van der Waals surface area contributed by atoms with Crippen molar-refractivity contribution in [1.82, 2.24) is 15.5 Å². The van der Waals surface area contributed by atoms with Crippen LogP contribution in [-0.4, -0.2) is 16.7 Å². The number of rotatable bonds is 5. The Labute approximate surface area is 126 Å². The summed E-state index contributed by atoms with van der Waals surface area (Å²) in [6.07, 6.45) is 0.882. The van der Waals surface area contributed by atoms with Crippen LogP contribution in [-0.2, 0) is 0 Å². The van der Waals surface area contributed by atoms with E-state index in [9.17, 15) is 4.39 Å². The van der Waals surface area contributed by atoms with Crippen molar-refractivity contribution >= 4 is 21.4 Å². The Balaban J connectivity index is 1.93. The molecule has 0 spiro atoms. The van der Waals surface area contributed by atoms with Gasteiger partial charge in [-0.1, -0.05) is 19.9 Å². The number of aromatic nitrogens is 2. The van der Waals surface area contributed by atoms with Gasteiger partial charge in [0.05, 0.1) is 10.9 Å². The molecule has 0 aliphatic carbocycles. The van der Waals surface area contributed by atoms with Crippen LogP contribution in [0.4, 0.5) is 4.39 Å². The highest BCUT2D eigenvalue weighted by atomic mass is 32.1. The summed E-state index contributed by atoms with van der Waals surface area (Å²) in [7, 11) is 0. The fraction of sp³-hybridized carbons (Fsp3) is 0.333. The van der Waals surface area contributed by atoms with Gasteiger partial charge in [0, 0.05) is 4.70 Å². The van der Waals surface area contributed by atoms with Crippen LogP contribution in [0, 0.1) is 5.82 Å². The van der Waals surface area contributed by atoms with Gasteiger partial charge in [0.2, 0.25) is 5.89 Å². The zero-order valence-corrected chi connectivity index (χ0v) is 12.7. The predicted octanol–water partition coefficient (Wildman–Crippen LogP) is 4.15. The lowest BCUT2D eigenvalue weighted by atomic mass is 10.2. The number of hydrogen-bond acceptors (Lipinski definition) is 5. The van der Waals surface area contributed by atoms with Crippen LogP contribution in [0.2, 0.25) is 0 Å². The Bertz CT molecular complexity index is 752. The summed E-state index contributed by atoms with van der Waals surface area (Å²) in [4.78, 5) is 0.862. The van der Waals surface area contributed by atoms with E-state index >= 15 is 0 Å². The molecule has 1 N–H and O–H groups in total. The molecule has 0 amide bonds. The van der Waals surface area contributed by atoms with E-state index in [1.807, 2.05) is 13.0 Å². The highest BCUT2D eigenvalue weighted by molar-refractivity contribution is 7.22. The van der Waals surface area contributed by atoms with Gasteiger partial charge in [-0.15, -0.1) is 21.5 Å². The number of nitrogens with zero attached hydrogens (tertiary/aromatic N) is 2. The predicted molar refractivity (Wildman–Crippen MR) is 81.8 cm³/mol. The van der Waals surface area contributed by atoms with Gasteiger partial charge in [0.25, 0.3) is 5.89 Å². The minimum atomic E-state index is -0.236. The van der Waals surface area contributed by atoms with Crippen molar-refractivity contribution in [3.8, 4) is 10.8 Å². The summed E-state index contributed by atoms with van der Waals surface area (Å²) in [5.41, 5.74) is 0. The van der Waals surface area contributed by atoms with Crippen molar-refractivity contribution < 1.29 is 8.81 Å². The lowest BCUT2D eigenvalue weighted by Gasteiger charge is -2.09. The van der Waals surface area contributed by atoms with Crippen LogP contribution in [0.1, 0.15) is 32.2 Å². The Kier molecular flexibility index (Phi) is 3.98. The third kappa shape index (κ3) is 2.82. The van der Waals surface area contributed by atoms with Gasteiger partial charge in [-0.25, -0.2) is 4.39 Å². The van der Waals surface area contributed by atoms with Gasteiger partial charge in [0.15, 0.2) is 0 Å².